The Morgan fingerprint density at radius 1 is 1.18 bits per heavy atom. The summed E-state index contributed by atoms with van der Waals surface area (Å²) in [4.78, 5) is 12.2. The van der Waals surface area contributed by atoms with Gasteiger partial charge in [0.05, 0.1) is 12.6 Å². The Balaban J connectivity index is 1.55. The van der Waals surface area contributed by atoms with Crippen LogP contribution >= 0.6 is 0 Å². The molecule has 4 rings (SSSR count). The van der Waals surface area contributed by atoms with E-state index in [9.17, 15) is 9.90 Å². The fourth-order valence-electron chi connectivity index (χ4n) is 9.08. The molecule has 0 saturated heterocycles. The maximum Gasteiger partial charge on any atom is 0.320 e. The van der Waals surface area contributed by atoms with E-state index < -0.39 is 6.10 Å². The first-order chi connectivity index (χ1) is 15.6. The molecule has 0 bridgehead atoms. The molecule has 0 aromatic heterocycles. The quantitative estimate of drug-likeness (QED) is 0.369. The zero-order valence-electron chi connectivity index (χ0n) is 21.8. The van der Waals surface area contributed by atoms with Gasteiger partial charge in [-0.3, -0.25) is 4.79 Å². The Morgan fingerprint density at radius 3 is 2.64 bits per heavy atom. The van der Waals surface area contributed by atoms with E-state index in [-0.39, 0.29) is 24.0 Å². The molecule has 0 radical (unpaired) electrons. The minimum atomic E-state index is -0.423. The van der Waals surface area contributed by atoms with Crippen LogP contribution < -0.4 is 5.73 Å². The number of esters is 1. The maximum atomic E-state index is 12.2. The standard InChI is InChI=1S/C29H49NO3/c1-18(2)7-6-8-19(3)23-11-12-24-22-10-9-20-15-21(31)16-26(33-27(32)17-30)29(20,5)25(22)13-14-28(23,24)4/h9,18-19,21-26,31H,6-8,10-17,30H2,1-5H3/t19-,21-,22+,23-,24+,25+,26?,28-,29+/m1/s1. The van der Waals surface area contributed by atoms with Crippen molar-refractivity contribution in [2.45, 2.75) is 111 Å². The third kappa shape index (κ3) is 4.44. The van der Waals surface area contributed by atoms with Crippen molar-refractivity contribution in [3.8, 4) is 0 Å². The van der Waals surface area contributed by atoms with Gasteiger partial charge in [-0.2, -0.15) is 0 Å². The smallest absolute Gasteiger partial charge is 0.320 e. The highest BCUT2D eigenvalue weighted by Crippen LogP contribution is 2.67. The van der Waals surface area contributed by atoms with Crippen molar-refractivity contribution >= 4 is 5.97 Å². The molecule has 33 heavy (non-hydrogen) atoms. The number of rotatable bonds is 7. The van der Waals surface area contributed by atoms with Gasteiger partial charge in [0, 0.05) is 11.8 Å². The van der Waals surface area contributed by atoms with Crippen LogP contribution in [-0.2, 0) is 9.53 Å². The van der Waals surface area contributed by atoms with Crippen LogP contribution in [0.25, 0.3) is 0 Å². The van der Waals surface area contributed by atoms with E-state index in [0.29, 0.717) is 23.7 Å². The Morgan fingerprint density at radius 2 is 1.94 bits per heavy atom. The Labute approximate surface area is 202 Å². The average Bonchev–Trinajstić information content (AvgIpc) is 3.11. The van der Waals surface area contributed by atoms with E-state index in [1.807, 2.05) is 0 Å². The molecular formula is C29H49NO3. The van der Waals surface area contributed by atoms with Crippen LogP contribution in [0.4, 0.5) is 0 Å². The normalized spacial score (nSPS) is 43.3. The van der Waals surface area contributed by atoms with E-state index in [2.05, 4.69) is 40.7 Å². The Hall–Kier alpha value is -0.870. The van der Waals surface area contributed by atoms with Crippen molar-refractivity contribution in [1.82, 2.24) is 0 Å². The lowest BCUT2D eigenvalue weighted by Gasteiger charge is -2.60. The van der Waals surface area contributed by atoms with Crippen molar-refractivity contribution < 1.29 is 14.6 Å². The van der Waals surface area contributed by atoms with Gasteiger partial charge in [0.1, 0.15) is 6.10 Å². The summed E-state index contributed by atoms with van der Waals surface area (Å²) in [5.74, 6) is 4.08. The molecule has 188 valence electrons. The van der Waals surface area contributed by atoms with Gasteiger partial charge < -0.3 is 15.6 Å². The van der Waals surface area contributed by atoms with Crippen molar-refractivity contribution in [2.75, 3.05) is 6.54 Å². The molecule has 4 aliphatic rings. The van der Waals surface area contributed by atoms with Crippen LogP contribution in [0.1, 0.15) is 98.8 Å². The molecule has 4 aliphatic carbocycles. The summed E-state index contributed by atoms with van der Waals surface area (Å²) in [7, 11) is 0. The second-order valence-electron chi connectivity index (χ2n) is 12.9. The van der Waals surface area contributed by atoms with Gasteiger partial charge in [-0.25, -0.2) is 0 Å². The molecule has 3 N–H and O–H groups in total. The van der Waals surface area contributed by atoms with Crippen molar-refractivity contribution in [1.29, 1.82) is 0 Å². The summed E-state index contributed by atoms with van der Waals surface area (Å²) in [5.41, 5.74) is 7.21. The van der Waals surface area contributed by atoms with Crippen LogP contribution in [0.15, 0.2) is 11.6 Å². The van der Waals surface area contributed by atoms with Crippen LogP contribution in [0.2, 0.25) is 0 Å². The van der Waals surface area contributed by atoms with Gasteiger partial charge in [0.2, 0.25) is 0 Å². The number of nitrogens with two attached hydrogens (primary N) is 1. The van der Waals surface area contributed by atoms with E-state index in [1.54, 1.807) is 0 Å². The van der Waals surface area contributed by atoms with E-state index in [4.69, 9.17) is 10.5 Å². The van der Waals surface area contributed by atoms with Crippen LogP contribution in [0.3, 0.4) is 0 Å². The predicted octanol–water partition coefficient (Wildman–Crippen LogP) is 5.87. The number of hydrogen-bond donors (Lipinski definition) is 2. The van der Waals surface area contributed by atoms with Crippen LogP contribution in [-0.4, -0.2) is 29.8 Å². The number of aliphatic hydroxyl groups is 1. The highest BCUT2D eigenvalue weighted by Gasteiger charge is 2.61. The van der Waals surface area contributed by atoms with E-state index in [1.165, 1.54) is 50.5 Å². The molecule has 0 aromatic carbocycles. The summed E-state index contributed by atoms with van der Waals surface area (Å²) < 4.78 is 5.93. The number of allylic oxidation sites excluding steroid dienone is 1. The summed E-state index contributed by atoms with van der Waals surface area (Å²) in [6, 6.07) is 0. The molecule has 9 atom stereocenters. The molecule has 3 fully saturated rings. The minimum Gasteiger partial charge on any atom is -0.460 e. The zero-order chi connectivity index (χ0) is 24.0. The molecular weight excluding hydrogens is 410 g/mol. The molecule has 0 aliphatic heterocycles. The molecule has 0 aromatic rings. The highest BCUT2D eigenvalue weighted by molar-refractivity contribution is 5.71. The van der Waals surface area contributed by atoms with E-state index in [0.717, 1.165) is 36.5 Å². The van der Waals surface area contributed by atoms with Gasteiger partial charge in [-0.1, -0.05) is 65.5 Å². The zero-order valence-corrected chi connectivity index (χ0v) is 21.8. The van der Waals surface area contributed by atoms with Gasteiger partial charge >= 0.3 is 5.97 Å². The van der Waals surface area contributed by atoms with Gasteiger partial charge in [-0.15, -0.1) is 0 Å². The third-order valence-corrected chi connectivity index (χ3v) is 10.8. The third-order valence-electron chi connectivity index (χ3n) is 10.8. The van der Waals surface area contributed by atoms with Crippen LogP contribution in [0.5, 0.6) is 0 Å². The topological polar surface area (TPSA) is 72.5 Å². The molecule has 4 heteroatoms. The SMILES string of the molecule is CC(C)CCC[C@@H](C)[C@H]1CC[C@H]2[C@@H]3CC=C4C[C@@H](O)CC(OC(=O)CN)[C@]4(C)[C@H]3CC[C@]12C. The van der Waals surface area contributed by atoms with Gasteiger partial charge in [0.25, 0.3) is 0 Å². The second kappa shape index (κ2) is 9.64. The number of aliphatic hydroxyl groups excluding tert-OH is 1. The van der Waals surface area contributed by atoms with Crippen molar-refractivity contribution in [2.24, 2.45) is 52.1 Å². The first-order valence-corrected chi connectivity index (χ1v) is 13.9. The summed E-state index contributed by atoms with van der Waals surface area (Å²) in [6.45, 7) is 12.1. The average molecular weight is 460 g/mol. The molecule has 0 spiro atoms. The van der Waals surface area contributed by atoms with Crippen molar-refractivity contribution in [3.63, 3.8) is 0 Å². The first kappa shape index (κ1) is 25.2. The highest BCUT2D eigenvalue weighted by atomic mass is 16.5. The summed E-state index contributed by atoms with van der Waals surface area (Å²) >= 11 is 0. The summed E-state index contributed by atoms with van der Waals surface area (Å²) in [6.07, 6.45) is 13.5. The minimum absolute atomic E-state index is 0.0904. The first-order valence-electron chi connectivity index (χ1n) is 13.9. The number of hydrogen-bond acceptors (Lipinski definition) is 4. The maximum absolute atomic E-state index is 12.2. The number of ether oxygens (including phenoxy) is 1. The number of carbonyl (C=O) groups excluding carboxylic acids is 1. The lowest BCUT2D eigenvalue weighted by molar-refractivity contribution is -0.167. The molecule has 4 nitrogen and oxygen atoms in total. The Kier molecular flexibility index (Phi) is 7.37. The molecule has 0 amide bonds. The lowest BCUT2D eigenvalue weighted by Crippen LogP contribution is -2.56. The lowest BCUT2D eigenvalue weighted by atomic mass is 9.46. The predicted molar refractivity (Wildman–Crippen MR) is 133 cm³/mol. The number of carbonyl (C=O) groups is 1. The second-order valence-corrected chi connectivity index (χ2v) is 12.9. The fraction of sp³-hybridized carbons (Fsp3) is 0.897. The van der Waals surface area contributed by atoms with Gasteiger partial charge in [0.15, 0.2) is 0 Å². The summed E-state index contributed by atoms with van der Waals surface area (Å²) in [5, 5.41) is 10.5. The fourth-order valence-corrected chi connectivity index (χ4v) is 9.08. The number of fused-ring (bicyclic) bond motifs is 5. The molecule has 0 heterocycles. The Bertz CT molecular complexity index is 747. The van der Waals surface area contributed by atoms with Crippen LogP contribution in [0, 0.1) is 46.3 Å². The van der Waals surface area contributed by atoms with E-state index >= 15 is 0 Å². The van der Waals surface area contributed by atoms with Gasteiger partial charge in [-0.05, 0) is 79.4 Å². The molecule has 1 unspecified atom stereocenters. The molecule has 3 saturated carbocycles. The largest absolute Gasteiger partial charge is 0.460 e. The monoisotopic (exact) mass is 459 g/mol. The van der Waals surface area contributed by atoms with Crippen molar-refractivity contribution in [3.05, 3.63) is 11.6 Å².